The number of aryl methyl sites for hydroxylation is 1. The van der Waals surface area contributed by atoms with Gasteiger partial charge in [0.2, 0.25) is 0 Å². The third kappa shape index (κ3) is 5.47. The number of ether oxygens (including phenoxy) is 4. The molecule has 0 N–H and O–H groups in total. The van der Waals surface area contributed by atoms with Crippen molar-refractivity contribution in [3.8, 4) is 17.2 Å². The number of carbonyl (C=O) groups excluding carboxylic acids is 1. The fraction of sp³-hybridized carbons (Fsp3) is 0.435. The molecule has 0 fully saturated rings. The second kappa shape index (κ2) is 10.6. The number of hydrogen-bond acceptors (Lipinski definition) is 5. The van der Waals surface area contributed by atoms with E-state index in [4.69, 9.17) is 9.47 Å². The van der Waals surface area contributed by atoms with E-state index in [2.05, 4.69) is 9.47 Å². The monoisotopic (exact) mass is 494 g/mol. The molecule has 0 aliphatic rings. The molecule has 0 aliphatic heterocycles. The predicted octanol–water partition coefficient (Wildman–Crippen LogP) is 6.58. The average Bonchev–Trinajstić information content (AvgIpc) is 2.73. The topological polar surface area (TPSA) is 54.0 Å². The molecule has 0 aliphatic carbocycles. The number of alkyl halides is 6. The number of carbonyl (C=O) groups is 1. The molecule has 188 valence electrons. The molecule has 5 nitrogen and oxygen atoms in total. The highest BCUT2D eigenvalue weighted by molar-refractivity contribution is 5.97. The van der Waals surface area contributed by atoms with Crippen molar-refractivity contribution in [2.45, 2.75) is 44.6 Å². The van der Waals surface area contributed by atoms with Crippen molar-refractivity contribution in [3.05, 3.63) is 53.1 Å². The molecule has 0 aromatic heterocycles. The van der Waals surface area contributed by atoms with E-state index in [0.29, 0.717) is 12.5 Å². The van der Waals surface area contributed by atoms with Crippen molar-refractivity contribution in [2.24, 2.45) is 0 Å². The maximum Gasteiger partial charge on any atom is 0.430 e. The van der Waals surface area contributed by atoms with Crippen LogP contribution in [0.3, 0.4) is 0 Å². The molecule has 2 rings (SSSR count). The first-order valence-corrected chi connectivity index (χ1v) is 10.1. The lowest BCUT2D eigenvalue weighted by Crippen LogP contribution is -2.56. The van der Waals surface area contributed by atoms with Gasteiger partial charge in [-0.25, -0.2) is 0 Å². The zero-order valence-electron chi connectivity index (χ0n) is 18.9. The maximum atomic E-state index is 13.9. The SMILES string of the molecule is CCCc1cc(C(OCOC)(C(F)(F)F)C(F)(F)F)ccc1Oc1ccc(C(C)=O)c(OC)c1. The third-order valence-corrected chi connectivity index (χ3v) is 4.96. The van der Waals surface area contributed by atoms with Crippen LogP contribution in [0.4, 0.5) is 26.3 Å². The van der Waals surface area contributed by atoms with Gasteiger partial charge >= 0.3 is 12.4 Å². The van der Waals surface area contributed by atoms with Gasteiger partial charge in [0.15, 0.2) is 5.78 Å². The van der Waals surface area contributed by atoms with E-state index in [-0.39, 0.29) is 40.6 Å². The predicted molar refractivity (Wildman–Crippen MR) is 110 cm³/mol. The summed E-state index contributed by atoms with van der Waals surface area (Å²) in [4.78, 5) is 11.7. The molecule has 0 unspecified atom stereocenters. The van der Waals surface area contributed by atoms with Gasteiger partial charge in [-0.05, 0) is 43.2 Å². The van der Waals surface area contributed by atoms with E-state index >= 15 is 0 Å². The van der Waals surface area contributed by atoms with Gasteiger partial charge in [-0.3, -0.25) is 4.79 Å². The molecule has 0 radical (unpaired) electrons. The molecule has 34 heavy (non-hydrogen) atoms. The van der Waals surface area contributed by atoms with Crippen LogP contribution in [0.1, 0.15) is 41.8 Å². The number of benzene rings is 2. The molecular formula is C23H24F6O5. The van der Waals surface area contributed by atoms with Crippen molar-refractivity contribution < 1.29 is 50.1 Å². The quantitative estimate of drug-likeness (QED) is 0.212. The van der Waals surface area contributed by atoms with Crippen LogP contribution in [0.15, 0.2) is 36.4 Å². The van der Waals surface area contributed by atoms with Gasteiger partial charge in [0.25, 0.3) is 5.60 Å². The van der Waals surface area contributed by atoms with E-state index in [1.807, 2.05) is 0 Å². The highest BCUT2D eigenvalue weighted by Gasteiger charge is 2.73. The zero-order valence-corrected chi connectivity index (χ0v) is 18.9. The Labute approximate surface area is 192 Å². The van der Waals surface area contributed by atoms with E-state index in [0.717, 1.165) is 19.2 Å². The average molecular weight is 494 g/mol. The highest BCUT2D eigenvalue weighted by atomic mass is 19.4. The minimum Gasteiger partial charge on any atom is -0.496 e. The first kappa shape index (κ1) is 27.5. The molecule has 0 bridgehead atoms. The molecule has 2 aromatic carbocycles. The summed E-state index contributed by atoms with van der Waals surface area (Å²) in [5.74, 6) is 0.180. The highest BCUT2D eigenvalue weighted by Crippen LogP contribution is 2.53. The summed E-state index contributed by atoms with van der Waals surface area (Å²) < 4.78 is 103. The van der Waals surface area contributed by atoms with E-state index in [1.54, 1.807) is 6.92 Å². The second-order valence-corrected chi connectivity index (χ2v) is 7.32. The first-order valence-electron chi connectivity index (χ1n) is 10.1. The smallest absolute Gasteiger partial charge is 0.430 e. The maximum absolute atomic E-state index is 13.9. The van der Waals surface area contributed by atoms with E-state index in [1.165, 1.54) is 32.2 Å². The number of ketones is 1. The van der Waals surface area contributed by atoms with Crippen LogP contribution in [0.2, 0.25) is 0 Å². The minimum atomic E-state index is -5.83. The summed E-state index contributed by atoms with van der Waals surface area (Å²) in [5, 5.41) is 0. The summed E-state index contributed by atoms with van der Waals surface area (Å²) >= 11 is 0. The minimum absolute atomic E-state index is 0.0493. The molecule has 11 heteroatoms. The van der Waals surface area contributed by atoms with Gasteiger partial charge < -0.3 is 18.9 Å². The molecule has 0 spiro atoms. The van der Waals surface area contributed by atoms with Crippen molar-refractivity contribution in [2.75, 3.05) is 21.0 Å². The lowest BCUT2D eigenvalue weighted by Gasteiger charge is -2.37. The second-order valence-electron chi connectivity index (χ2n) is 7.32. The molecule has 0 amide bonds. The van der Waals surface area contributed by atoms with E-state index < -0.39 is 30.3 Å². The lowest BCUT2D eigenvalue weighted by molar-refractivity contribution is -0.400. The first-order chi connectivity index (χ1) is 15.8. The molecule has 0 saturated carbocycles. The van der Waals surface area contributed by atoms with Crippen LogP contribution in [0.25, 0.3) is 0 Å². The van der Waals surface area contributed by atoms with Crippen LogP contribution in [0.5, 0.6) is 17.2 Å². The summed E-state index contributed by atoms with van der Waals surface area (Å²) in [7, 11) is 2.26. The zero-order chi connectivity index (χ0) is 25.7. The van der Waals surface area contributed by atoms with Crippen LogP contribution in [-0.4, -0.2) is 39.1 Å². The van der Waals surface area contributed by atoms with Gasteiger partial charge in [0.05, 0.1) is 12.7 Å². The van der Waals surface area contributed by atoms with Crippen LogP contribution < -0.4 is 9.47 Å². The lowest BCUT2D eigenvalue weighted by atomic mass is 9.89. The van der Waals surface area contributed by atoms with Gasteiger partial charge in [-0.15, -0.1) is 0 Å². The third-order valence-electron chi connectivity index (χ3n) is 4.96. The van der Waals surface area contributed by atoms with Crippen LogP contribution in [0, 0.1) is 0 Å². The van der Waals surface area contributed by atoms with E-state index in [9.17, 15) is 31.1 Å². The Kier molecular flexibility index (Phi) is 8.59. The fourth-order valence-corrected chi connectivity index (χ4v) is 3.40. The van der Waals surface area contributed by atoms with Crippen LogP contribution >= 0.6 is 0 Å². The Hall–Kier alpha value is -2.79. The molecule has 0 saturated heterocycles. The summed E-state index contributed by atoms with van der Waals surface area (Å²) in [6.45, 7) is 1.82. The van der Waals surface area contributed by atoms with Crippen LogP contribution in [-0.2, 0) is 21.5 Å². The van der Waals surface area contributed by atoms with Gasteiger partial charge in [0, 0.05) is 18.7 Å². The standard InChI is InChI=1S/C23H24F6O5/c1-5-6-15-11-16(21(22(24,25)26,23(27,28)29)33-13-31-3)7-10-19(15)34-17-8-9-18(14(2)30)20(12-17)32-4/h7-12H,5-6,13H2,1-4H3. The number of halogens is 6. The normalized spacial score (nSPS) is 12.5. The fourth-order valence-electron chi connectivity index (χ4n) is 3.40. The largest absolute Gasteiger partial charge is 0.496 e. The van der Waals surface area contributed by atoms with Crippen molar-refractivity contribution in [1.82, 2.24) is 0 Å². The number of methoxy groups -OCH3 is 2. The van der Waals surface area contributed by atoms with Gasteiger partial charge in [-0.1, -0.05) is 19.4 Å². The Bertz CT molecular complexity index is 986. The number of hydrogen-bond donors (Lipinski definition) is 0. The van der Waals surface area contributed by atoms with Gasteiger partial charge in [-0.2, -0.15) is 26.3 Å². The Morgan fingerprint density at radius 3 is 2.06 bits per heavy atom. The van der Waals surface area contributed by atoms with Crippen molar-refractivity contribution in [1.29, 1.82) is 0 Å². The summed E-state index contributed by atoms with van der Waals surface area (Å²) in [5.41, 5.74) is -5.35. The number of Topliss-reactive ketones (excluding diaryl/α,β-unsaturated/α-hetero) is 1. The Balaban J connectivity index is 2.61. The molecule has 0 atom stereocenters. The summed E-state index contributed by atoms with van der Waals surface area (Å²) in [6, 6.07) is 6.75. The molecule has 0 heterocycles. The Morgan fingerprint density at radius 2 is 1.56 bits per heavy atom. The Morgan fingerprint density at radius 1 is 0.912 bits per heavy atom. The molecular weight excluding hydrogens is 470 g/mol. The summed E-state index contributed by atoms with van der Waals surface area (Å²) in [6.07, 6.45) is -11.1. The van der Waals surface area contributed by atoms with Crippen molar-refractivity contribution in [3.63, 3.8) is 0 Å². The van der Waals surface area contributed by atoms with Crippen molar-refractivity contribution >= 4 is 5.78 Å². The molecule has 2 aromatic rings. The number of rotatable bonds is 10. The van der Waals surface area contributed by atoms with Gasteiger partial charge in [0.1, 0.15) is 24.0 Å².